The first-order valence-electron chi connectivity index (χ1n) is 9.46. The van der Waals surface area contributed by atoms with Crippen LogP contribution in [0.25, 0.3) is 16.2 Å². The Morgan fingerprint density at radius 3 is 2.35 bits per heavy atom. The fourth-order valence-corrected chi connectivity index (χ4v) is 4.21. The van der Waals surface area contributed by atoms with E-state index in [2.05, 4.69) is 0 Å². The van der Waals surface area contributed by atoms with Gasteiger partial charge in [0.2, 0.25) is 5.78 Å². The van der Waals surface area contributed by atoms with Crippen molar-refractivity contribution in [3.63, 3.8) is 0 Å². The standard InChI is InChI=1S/C25H18O5S/c1-15-2-7-17(8-3-15)23(29)25-24(20-12-9-18(26)14-21(20)31-25)30-19-10-4-16(5-11-19)6-13-22(27)28/h2-14,26H,1H3,(H,27,28)/b13-6+. The predicted molar refractivity (Wildman–Crippen MR) is 121 cm³/mol. The van der Waals surface area contributed by atoms with Crippen LogP contribution in [0.2, 0.25) is 0 Å². The number of phenolic OH excluding ortho intramolecular Hbond substituents is 1. The Morgan fingerprint density at radius 2 is 1.68 bits per heavy atom. The van der Waals surface area contributed by atoms with Gasteiger partial charge in [0.05, 0.1) is 0 Å². The van der Waals surface area contributed by atoms with Crippen molar-refractivity contribution in [2.24, 2.45) is 0 Å². The number of fused-ring (bicyclic) bond motifs is 1. The first kappa shape index (κ1) is 20.4. The SMILES string of the molecule is Cc1ccc(C(=O)c2sc3cc(O)ccc3c2Oc2ccc(/C=C/C(=O)O)cc2)cc1. The van der Waals surface area contributed by atoms with Crippen molar-refractivity contribution < 1.29 is 24.5 Å². The maximum absolute atomic E-state index is 13.2. The van der Waals surface area contributed by atoms with Crippen molar-refractivity contribution in [2.45, 2.75) is 6.92 Å². The molecule has 0 amide bonds. The van der Waals surface area contributed by atoms with Gasteiger partial charge in [-0.05, 0) is 48.9 Å². The Labute approximate surface area is 182 Å². The average Bonchev–Trinajstić information content (AvgIpc) is 3.10. The molecular formula is C25H18O5S. The zero-order chi connectivity index (χ0) is 22.0. The molecule has 1 heterocycles. The van der Waals surface area contributed by atoms with Crippen LogP contribution in [-0.4, -0.2) is 22.0 Å². The number of aryl methyl sites for hydroxylation is 1. The molecule has 0 spiro atoms. The summed E-state index contributed by atoms with van der Waals surface area (Å²) in [6.45, 7) is 1.96. The number of carboxylic acid groups (broad SMARTS) is 1. The molecule has 31 heavy (non-hydrogen) atoms. The van der Waals surface area contributed by atoms with Gasteiger partial charge in [0.25, 0.3) is 0 Å². The topological polar surface area (TPSA) is 83.8 Å². The fourth-order valence-electron chi connectivity index (χ4n) is 3.08. The number of phenols is 1. The minimum Gasteiger partial charge on any atom is -0.508 e. The van der Waals surface area contributed by atoms with Crippen LogP contribution in [0, 0.1) is 6.92 Å². The normalized spacial score (nSPS) is 11.1. The lowest BCUT2D eigenvalue weighted by molar-refractivity contribution is -0.131. The van der Waals surface area contributed by atoms with E-state index in [-0.39, 0.29) is 11.5 Å². The Bertz CT molecular complexity index is 1300. The van der Waals surface area contributed by atoms with Gasteiger partial charge in [0.15, 0.2) is 5.75 Å². The summed E-state index contributed by atoms with van der Waals surface area (Å²) in [6.07, 6.45) is 2.55. The first-order chi connectivity index (χ1) is 14.9. The van der Waals surface area contributed by atoms with Gasteiger partial charge in [0, 0.05) is 21.7 Å². The van der Waals surface area contributed by atoms with E-state index in [1.165, 1.54) is 17.4 Å². The molecular weight excluding hydrogens is 412 g/mol. The Kier molecular flexibility index (Phi) is 5.56. The summed E-state index contributed by atoms with van der Waals surface area (Å²) < 4.78 is 6.86. The van der Waals surface area contributed by atoms with Gasteiger partial charge in [-0.1, -0.05) is 42.0 Å². The summed E-state index contributed by atoms with van der Waals surface area (Å²) in [5.41, 5.74) is 2.33. The van der Waals surface area contributed by atoms with Gasteiger partial charge in [0.1, 0.15) is 16.4 Å². The number of ketones is 1. The van der Waals surface area contributed by atoms with E-state index in [1.54, 1.807) is 54.6 Å². The smallest absolute Gasteiger partial charge is 0.328 e. The number of ether oxygens (including phenoxy) is 1. The summed E-state index contributed by atoms with van der Waals surface area (Å²) in [6, 6.07) is 19.1. The van der Waals surface area contributed by atoms with Crippen molar-refractivity contribution in [3.05, 3.63) is 94.4 Å². The second-order valence-corrected chi connectivity index (χ2v) is 8.03. The molecule has 6 heteroatoms. The summed E-state index contributed by atoms with van der Waals surface area (Å²) >= 11 is 1.27. The zero-order valence-corrected chi connectivity index (χ0v) is 17.3. The van der Waals surface area contributed by atoms with E-state index < -0.39 is 5.97 Å². The largest absolute Gasteiger partial charge is 0.508 e. The molecule has 3 aromatic carbocycles. The minimum atomic E-state index is -1.02. The highest BCUT2D eigenvalue weighted by molar-refractivity contribution is 7.21. The molecule has 2 N–H and O–H groups in total. The van der Waals surface area contributed by atoms with Gasteiger partial charge in [-0.2, -0.15) is 0 Å². The summed E-state index contributed by atoms with van der Waals surface area (Å²) in [7, 11) is 0. The van der Waals surface area contributed by atoms with Crippen molar-refractivity contribution in [1.82, 2.24) is 0 Å². The zero-order valence-electron chi connectivity index (χ0n) is 16.5. The van der Waals surface area contributed by atoms with Crippen molar-refractivity contribution in [3.8, 4) is 17.2 Å². The predicted octanol–water partition coefficient (Wildman–Crippen LogP) is 6.04. The van der Waals surface area contributed by atoms with Gasteiger partial charge in [-0.3, -0.25) is 4.79 Å². The number of carbonyl (C=O) groups is 2. The molecule has 4 aromatic rings. The van der Waals surface area contributed by atoms with Crippen LogP contribution >= 0.6 is 11.3 Å². The Morgan fingerprint density at radius 1 is 0.968 bits per heavy atom. The van der Waals surface area contributed by atoms with Gasteiger partial charge in [-0.15, -0.1) is 11.3 Å². The van der Waals surface area contributed by atoms with E-state index in [4.69, 9.17) is 9.84 Å². The molecule has 5 nitrogen and oxygen atoms in total. The highest BCUT2D eigenvalue weighted by Crippen LogP contribution is 2.42. The van der Waals surface area contributed by atoms with Crippen molar-refractivity contribution in [1.29, 1.82) is 0 Å². The number of thiophene rings is 1. The molecule has 0 radical (unpaired) electrons. The summed E-state index contributed by atoms with van der Waals surface area (Å²) in [5, 5.41) is 19.3. The molecule has 0 bridgehead atoms. The number of aromatic hydroxyl groups is 1. The number of carboxylic acids is 1. The lowest BCUT2D eigenvalue weighted by Crippen LogP contribution is -2.00. The lowest BCUT2D eigenvalue weighted by Gasteiger charge is -2.08. The van der Waals surface area contributed by atoms with Crippen LogP contribution in [0.15, 0.2) is 72.8 Å². The Hall–Kier alpha value is -3.90. The van der Waals surface area contributed by atoms with Crippen LogP contribution in [-0.2, 0) is 4.79 Å². The molecule has 0 aliphatic heterocycles. The van der Waals surface area contributed by atoms with E-state index in [0.717, 1.165) is 21.7 Å². The molecule has 0 atom stereocenters. The van der Waals surface area contributed by atoms with Crippen LogP contribution in [0.5, 0.6) is 17.2 Å². The van der Waals surface area contributed by atoms with Crippen LogP contribution in [0.3, 0.4) is 0 Å². The number of aliphatic carboxylic acids is 1. The van der Waals surface area contributed by atoms with E-state index in [1.807, 2.05) is 19.1 Å². The van der Waals surface area contributed by atoms with Crippen LogP contribution in [0.1, 0.15) is 26.4 Å². The Balaban J connectivity index is 1.73. The molecule has 0 unspecified atom stereocenters. The van der Waals surface area contributed by atoms with Crippen molar-refractivity contribution >= 4 is 39.3 Å². The number of benzene rings is 3. The van der Waals surface area contributed by atoms with Crippen molar-refractivity contribution in [2.75, 3.05) is 0 Å². The van der Waals surface area contributed by atoms with E-state index in [0.29, 0.717) is 27.5 Å². The minimum absolute atomic E-state index is 0.115. The van der Waals surface area contributed by atoms with Gasteiger partial charge in [-0.25, -0.2) is 4.79 Å². The molecule has 0 fully saturated rings. The molecule has 0 saturated heterocycles. The maximum atomic E-state index is 13.2. The number of rotatable bonds is 6. The average molecular weight is 430 g/mol. The highest BCUT2D eigenvalue weighted by atomic mass is 32.1. The van der Waals surface area contributed by atoms with Crippen LogP contribution in [0.4, 0.5) is 0 Å². The monoisotopic (exact) mass is 430 g/mol. The number of hydrogen-bond acceptors (Lipinski definition) is 5. The summed E-state index contributed by atoms with van der Waals surface area (Å²) in [4.78, 5) is 24.3. The summed E-state index contributed by atoms with van der Waals surface area (Å²) in [5.74, 6) is -0.119. The third-order valence-corrected chi connectivity index (χ3v) is 5.80. The fraction of sp³-hybridized carbons (Fsp3) is 0.0400. The maximum Gasteiger partial charge on any atom is 0.328 e. The first-order valence-corrected chi connectivity index (χ1v) is 10.3. The molecule has 0 saturated carbocycles. The second-order valence-electron chi connectivity index (χ2n) is 6.98. The molecule has 1 aromatic heterocycles. The van der Waals surface area contributed by atoms with Crippen LogP contribution < -0.4 is 4.74 Å². The quantitative estimate of drug-likeness (QED) is 0.288. The van der Waals surface area contributed by atoms with E-state index in [9.17, 15) is 14.7 Å². The van der Waals surface area contributed by atoms with E-state index >= 15 is 0 Å². The third kappa shape index (κ3) is 4.49. The van der Waals surface area contributed by atoms with Gasteiger partial charge >= 0.3 is 5.97 Å². The second kappa shape index (κ2) is 8.45. The third-order valence-electron chi connectivity index (χ3n) is 4.67. The number of hydrogen-bond donors (Lipinski definition) is 2. The lowest BCUT2D eigenvalue weighted by atomic mass is 10.1. The molecule has 0 aliphatic rings. The van der Waals surface area contributed by atoms with Gasteiger partial charge < -0.3 is 14.9 Å². The molecule has 154 valence electrons. The number of carbonyl (C=O) groups excluding carboxylic acids is 1. The molecule has 0 aliphatic carbocycles. The molecule has 4 rings (SSSR count). The highest BCUT2D eigenvalue weighted by Gasteiger charge is 2.22.